The molecule has 0 saturated carbocycles. The molecule has 22 heavy (non-hydrogen) atoms. The monoisotopic (exact) mass is 306 g/mol. The maximum Gasteiger partial charge on any atom is 0.0574 e. The van der Waals surface area contributed by atoms with Crippen LogP contribution in [-0.4, -0.2) is 42.6 Å². The molecule has 1 heterocycles. The minimum Gasteiger partial charge on any atom is -0.396 e. The predicted octanol–water partition coefficient (Wildman–Crippen LogP) is 2.32. The van der Waals surface area contributed by atoms with Gasteiger partial charge in [-0.1, -0.05) is 19.1 Å². The Bertz CT molecular complexity index is 427. The fraction of sp³-hybridized carbons (Fsp3) is 0.667. The van der Waals surface area contributed by atoms with Gasteiger partial charge in [0.25, 0.3) is 0 Å². The number of rotatable bonds is 7. The summed E-state index contributed by atoms with van der Waals surface area (Å²) < 4.78 is 0. The van der Waals surface area contributed by atoms with E-state index in [-0.39, 0.29) is 12.7 Å². The molecule has 2 atom stereocenters. The molecule has 0 spiro atoms. The Balaban J connectivity index is 1.85. The SMILES string of the molecule is CC(CCO)CNC(C)c1ccc(N2CCC(O)CC2)cc1. The largest absolute Gasteiger partial charge is 0.396 e. The van der Waals surface area contributed by atoms with E-state index in [1.54, 1.807) is 0 Å². The molecule has 1 aliphatic heterocycles. The van der Waals surface area contributed by atoms with Crippen LogP contribution in [0.4, 0.5) is 5.69 Å². The number of benzene rings is 1. The van der Waals surface area contributed by atoms with Gasteiger partial charge in [0.1, 0.15) is 0 Å². The van der Waals surface area contributed by atoms with E-state index in [0.717, 1.165) is 38.9 Å². The first-order valence-corrected chi connectivity index (χ1v) is 8.47. The van der Waals surface area contributed by atoms with Crippen LogP contribution in [-0.2, 0) is 0 Å². The number of piperidine rings is 1. The second-order valence-corrected chi connectivity index (χ2v) is 6.56. The van der Waals surface area contributed by atoms with Crippen LogP contribution in [0.15, 0.2) is 24.3 Å². The molecule has 1 fully saturated rings. The molecule has 1 aromatic carbocycles. The number of nitrogens with one attached hydrogen (secondary N) is 1. The van der Waals surface area contributed by atoms with Crippen molar-refractivity contribution in [2.45, 2.75) is 45.3 Å². The molecular formula is C18H30N2O2. The zero-order chi connectivity index (χ0) is 15.9. The van der Waals surface area contributed by atoms with E-state index in [0.29, 0.717) is 12.0 Å². The van der Waals surface area contributed by atoms with Crippen molar-refractivity contribution in [1.29, 1.82) is 0 Å². The van der Waals surface area contributed by atoms with Crippen LogP contribution >= 0.6 is 0 Å². The van der Waals surface area contributed by atoms with Crippen molar-refractivity contribution >= 4 is 5.69 Å². The van der Waals surface area contributed by atoms with Crippen molar-refractivity contribution in [1.82, 2.24) is 5.32 Å². The van der Waals surface area contributed by atoms with Crippen LogP contribution in [0.5, 0.6) is 0 Å². The standard InChI is InChI=1S/C18H30N2O2/c1-14(9-12-21)13-19-15(2)16-3-5-17(6-4-16)20-10-7-18(22)8-11-20/h3-6,14-15,18-19,21-22H,7-13H2,1-2H3. The summed E-state index contributed by atoms with van der Waals surface area (Å²) in [5, 5.41) is 22.1. The average molecular weight is 306 g/mol. The zero-order valence-electron chi connectivity index (χ0n) is 13.8. The zero-order valence-corrected chi connectivity index (χ0v) is 13.8. The minimum atomic E-state index is -0.124. The Morgan fingerprint density at radius 2 is 1.82 bits per heavy atom. The molecule has 0 bridgehead atoms. The van der Waals surface area contributed by atoms with Gasteiger partial charge in [-0.3, -0.25) is 0 Å². The summed E-state index contributed by atoms with van der Waals surface area (Å²) in [6.45, 7) is 7.39. The van der Waals surface area contributed by atoms with Crippen LogP contribution in [0.3, 0.4) is 0 Å². The van der Waals surface area contributed by atoms with E-state index in [1.165, 1.54) is 11.3 Å². The van der Waals surface area contributed by atoms with Gasteiger partial charge in [0, 0.05) is 31.4 Å². The lowest BCUT2D eigenvalue weighted by molar-refractivity contribution is 0.145. The van der Waals surface area contributed by atoms with Crippen molar-refractivity contribution in [3.05, 3.63) is 29.8 Å². The van der Waals surface area contributed by atoms with Gasteiger partial charge in [-0.15, -0.1) is 0 Å². The second kappa shape index (κ2) is 8.51. The normalized spacial score (nSPS) is 19.2. The maximum absolute atomic E-state index is 9.58. The highest BCUT2D eigenvalue weighted by molar-refractivity contribution is 5.48. The highest BCUT2D eigenvalue weighted by Gasteiger charge is 2.17. The Morgan fingerprint density at radius 3 is 2.41 bits per heavy atom. The molecule has 0 aromatic heterocycles. The third kappa shape index (κ3) is 4.97. The smallest absolute Gasteiger partial charge is 0.0574 e. The number of hydrogen-bond acceptors (Lipinski definition) is 4. The number of aliphatic hydroxyl groups excluding tert-OH is 2. The van der Waals surface area contributed by atoms with Gasteiger partial charge in [-0.25, -0.2) is 0 Å². The quantitative estimate of drug-likeness (QED) is 0.723. The lowest BCUT2D eigenvalue weighted by atomic mass is 10.0. The summed E-state index contributed by atoms with van der Waals surface area (Å²) in [5.41, 5.74) is 2.54. The van der Waals surface area contributed by atoms with E-state index >= 15 is 0 Å². The topological polar surface area (TPSA) is 55.7 Å². The molecule has 4 nitrogen and oxygen atoms in total. The molecule has 4 heteroatoms. The van der Waals surface area contributed by atoms with E-state index in [4.69, 9.17) is 5.11 Å². The summed E-state index contributed by atoms with van der Waals surface area (Å²) in [7, 11) is 0. The summed E-state index contributed by atoms with van der Waals surface area (Å²) >= 11 is 0. The van der Waals surface area contributed by atoms with Gasteiger partial charge in [0.15, 0.2) is 0 Å². The van der Waals surface area contributed by atoms with E-state index in [2.05, 4.69) is 48.3 Å². The van der Waals surface area contributed by atoms with Crippen molar-refractivity contribution in [2.24, 2.45) is 5.92 Å². The molecule has 124 valence electrons. The molecule has 2 rings (SSSR count). The third-order valence-corrected chi connectivity index (χ3v) is 4.62. The molecule has 3 N–H and O–H groups in total. The number of anilines is 1. The summed E-state index contributed by atoms with van der Waals surface area (Å²) in [6.07, 6.45) is 2.45. The Morgan fingerprint density at radius 1 is 1.18 bits per heavy atom. The van der Waals surface area contributed by atoms with Gasteiger partial charge >= 0.3 is 0 Å². The van der Waals surface area contributed by atoms with Gasteiger partial charge in [0.05, 0.1) is 6.10 Å². The molecule has 0 amide bonds. The molecular weight excluding hydrogens is 276 g/mol. The van der Waals surface area contributed by atoms with Crippen molar-refractivity contribution < 1.29 is 10.2 Å². The maximum atomic E-state index is 9.58. The van der Waals surface area contributed by atoms with Crippen molar-refractivity contribution in [2.75, 3.05) is 31.1 Å². The van der Waals surface area contributed by atoms with Crippen molar-refractivity contribution in [3.63, 3.8) is 0 Å². The van der Waals surface area contributed by atoms with Gasteiger partial charge < -0.3 is 20.4 Å². The highest BCUT2D eigenvalue weighted by Crippen LogP contribution is 2.22. The number of hydrogen-bond donors (Lipinski definition) is 3. The molecule has 1 saturated heterocycles. The minimum absolute atomic E-state index is 0.124. The molecule has 2 unspecified atom stereocenters. The second-order valence-electron chi connectivity index (χ2n) is 6.56. The van der Waals surface area contributed by atoms with Crippen LogP contribution in [0.1, 0.15) is 44.7 Å². The van der Waals surface area contributed by atoms with Gasteiger partial charge in [-0.05, 0) is 56.3 Å². The van der Waals surface area contributed by atoms with E-state index in [1.807, 2.05) is 0 Å². The first kappa shape index (κ1) is 17.3. The summed E-state index contributed by atoms with van der Waals surface area (Å²) in [4.78, 5) is 2.35. The van der Waals surface area contributed by atoms with E-state index < -0.39 is 0 Å². The third-order valence-electron chi connectivity index (χ3n) is 4.62. The Labute approximate surface area is 134 Å². The molecule has 1 aromatic rings. The average Bonchev–Trinajstić information content (AvgIpc) is 2.54. The van der Waals surface area contributed by atoms with Gasteiger partial charge in [0.2, 0.25) is 0 Å². The van der Waals surface area contributed by atoms with E-state index in [9.17, 15) is 5.11 Å². The predicted molar refractivity (Wildman–Crippen MR) is 91.2 cm³/mol. The first-order chi connectivity index (χ1) is 10.6. The lowest BCUT2D eigenvalue weighted by Crippen LogP contribution is -2.35. The fourth-order valence-electron chi connectivity index (χ4n) is 2.92. The van der Waals surface area contributed by atoms with Crippen LogP contribution < -0.4 is 10.2 Å². The van der Waals surface area contributed by atoms with Crippen LogP contribution in [0, 0.1) is 5.92 Å². The molecule has 0 aliphatic carbocycles. The summed E-state index contributed by atoms with van der Waals surface area (Å²) in [6, 6.07) is 9.06. The lowest BCUT2D eigenvalue weighted by Gasteiger charge is -2.31. The van der Waals surface area contributed by atoms with Gasteiger partial charge in [-0.2, -0.15) is 0 Å². The first-order valence-electron chi connectivity index (χ1n) is 8.47. The van der Waals surface area contributed by atoms with Crippen LogP contribution in [0.25, 0.3) is 0 Å². The molecule has 1 aliphatic rings. The molecule has 0 radical (unpaired) electrons. The van der Waals surface area contributed by atoms with Crippen molar-refractivity contribution in [3.8, 4) is 0 Å². The fourth-order valence-corrected chi connectivity index (χ4v) is 2.92. The van der Waals surface area contributed by atoms with Crippen LogP contribution in [0.2, 0.25) is 0 Å². The number of nitrogens with zero attached hydrogens (tertiary/aromatic N) is 1. The highest BCUT2D eigenvalue weighted by atomic mass is 16.3. The summed E-state index contributed by atoms with van der Waals surface area (Å²) in [5.74, 6) is 0.492. The Hall–Kier alpha value is -1.10. The Kier molecular flexibility index (Phi) is 6.68. The number of aliphatic hydroxyl groups is 2.